The number of amides is 2. The van der Waals surface area contributed by atoms with Crippen molar-refractivity contribution in [2.45, 2.75) is 44.4 Å². The van der Waals surface area contributed by atoms with Crippen LogP contribution in [0.4, 0.5) is 19.1 Å². The minimum absolute atomic E-state index is 0.0177. The summed E-state index contributed by atoms with van der Waals surface area (Å²) in [6.07, 6.45) is 1.51. The standard InChI is InChI=1S/C30H35F3N6O4/c1-17-14-19(26(40)35-20-9-11-38(2)12-10-20)15-23(42-4)25(17)36-29-34-16-21(30(31,32)33)27(37-29)43-22-7-5-6-18-8-13-39(3)28(41)24(18)22/h5-7,14-17,20,25H,8-13H2,1-4H3,(H,35,40)(H,34,36,37). The van der Waals surface area contributed by atoms with E-state index in [-0.39, 0.29) is 41.0 Å². The van der Waals surface area contributed by atoms with Gasteiger partial charge in [-0.2, -0.15) is 18.2 Å². The highest BCUT2D eigenvalue weighted by Crippen LogP contribution is 2.39. The minimum atomic E-state index is -4.81. The number of carbonyl (C=O) groups is 2. The van der Waals surface area contributed by atoms with E-state index in [1.165, 1.54) is 18.1 Å². The Kier molecular flexibility index (Phi) is 8.63. The highest BCUT2D eigenvalue weighted by Gasteiger charge is 2.38. The summed E-state index contributed by atoms with van der Waals surface area (Å²) in [7, 11) is 5.13. The van der Waals surface area contributed by atoms with E-state index in [2.05, 4.69) is 25.5 Å². The fourth-order valence-electron chi connectivity index (χ4n) is 5.53. The number of alkyl halides is 3. The van der Waals surface area contributed by atoms with Gasteiger partial charge in [0.2, 0.25) is 11.8 Å². The van der Waals surface area contributed by atoms with Crippen molar-refractivity contribution in [1.82, 2.24) is 25.1 Å². The number of ether oxygens (including phenoxy) is 2. The monoisotopic (exact) mass is 600 g/mol. The van der Waals surface area contributed by atoms with Gasteiger partial charge in [-0.25, -0.2) is 4.98 Å². The molecule has 1 aromatic carbocycles. The topological polar surface area (TPSA) is 109 Å². The average Bonchev–Trinajstić information content (AvgIpc) is 2.96. The lowest BCUT2D eigenvalue weighted by Gasteiger charge is -2.31. The molecule has 10 nitrogen and oxygen atoms in total. The van der Waals surface area contributed by atoms with Crippen LogP contribution in [0.15, 0.2) is 47.9 Å². The third-order valence-corrected chi connectivity index (χ3v) is 8.06. The SMILES string of the molecule is COC1=CC(C(=O)NC2CCN(C)CC2)=CC(C)C1Nc1ncc(C(F)(F)F)c(Oc2cccc3c2C(=O)N(C)CC3)n1. The first-order valence-corrected chi connectivity index (χ1v) is 14.2. The van der Waals surface area contributed by atoms with Gasteiger partial charge in [-0.1, -0.05) is 25.1 Å². The van der Waals surface area contributed by atoms with Gasteiger partial charge in [-0.3, -0.25) is 9.59 Å². The summed E-state index contributed by atoms with van der Waals surface area (Å²) in [5.41, 5.74) is 0.163. The van der Waals surface area contributed by atoms with E-state index < -0.39 is 23.7 Å². The zero-order valence-corrected chi connectivity index (χ0v) is 24.5. The van der Waals surface area contributed by atoms with Gasteiger partial charge in [-0.15, -0.1) is 0 Å². The summed E-state index contributed by atoms with van der Waals surface area (Å²) < 4.78 is 53.2. The molecule has 13 heteroatoms. The number of piperidine rings is 1. The number of aromatic nitrogens is 2. The fraction of sp³-hybridized carbons (Fsp3) is 0.467. The summed E-state index contributed by atoms with van der Waals surface area (Å²) in [5, 5.41) is 6.13. The van der Waals surface area contributed by atoms with E-state index in [4.69, 9.17) is 9.47 Å². The molecule has 2 unspecified atom stereocenters. The van der Waals surface area contributed by atoms with Crippen LogP contribution in [0.1, 0.15) is 41.3 Å². The second-order valence-electron chi connectivity index (χ2n) is 11.2. The lowest BCUT2D eigenvalue weighted by molar-refractivity contribution is -0.139. The Labute approximate surface area is 247 Å². The van der Waals surface area contributed by atoms with Crippen LogP contribution in [-0.4, -0.2) is 84.5 Å². The third kappa shape index (κ3) is 6.61. The van der Waals surface area contributed by atoms with Crippen LogP contribution in [0.5, 0.6) is 11.6 Å². The normalized spacial score (nSPS) is 21.5. The zero-order valence-electron chi connectivity index (χ0n) is 24.5. The number of likely N-dealkylation sites (N-methyl/N-ethyl adjacent to an activating group) is 1. The molecule has 1 aliphatic carbocycles. The summed E-state index contributed by atoms with van der Waals surface area (Å²) in [6.45, 7) is 4.16. The van der Waals surface area contributed by atoms with Crippen molar-refractivity contribution in [3.63, 3.8) is 0 Å². The number of nitrogens with zero attached hydrogens (tertiary/aromatic N) is 4. The Hall–Kier alpha value is -4.13. The van der Waals surface area contributed by atoms with Crippen molar-refractivity contribution in [2.75, 3.05) is 46.2 Å². The van der Waals surface area contributed by atoms with Gasteiger partial charge in [0, 0.05) is 37.3 Å². The third-order valence-electron chi connectivity index (χ3n) is 8.06. The first kappa shape index (κ1) is 30.3. The van der Waals surface area contributed by atoms with Gasteiger partial charge in [0.05, 0.1) is 18.7 Å². The molecule has 2 N–H and O–H groups in total. The van der Waals surface area contributed by atoms with Gasteiger partial charge in [-0.05, 0) is 57.1 Å². The molecule has 3 aliphatic rings. The molecule has 2 atom stereocenters. The molecule has 43 heavy (non-hydrogen) atoms. The molecule has 0 spiro atoms. The maximum absolute atomic E-state index is 14.0. The van der Waals surface area contributed by atoms with E-state index in [0.717, 1.165) is 25.9 Å². The average molecular weight is 601 g/mol. The number of halogens is 3. The van der Waals surface area contributed by atoms with E-state index in [0.29, 0.717) is 36.1 Å². The quantitative estimate of drug-likeness (QED) is 0.491. The molecule has 1 saturated heterocycles. The highest BCUT2D eigenvalue weighted by atomic mass is 19.4. The molecule has 5 rings (SSSR count). The van der Waals surface area contributed by atoms with Crippen molar-refractivity contribution in [1.29, 1.82) is 0 Å². The molecule has 230 valence electrons. The van der Waals surface area contributed by atoms with Gasteiger partial charge < -0.3 is 29.9 Å². The van der Waals surface area contributed by atoms with Crippen LogP contribution in [0, 0.1) is 5.92 Å². The number of benzene rings is 1. The number of hydrogen-bond donors (Lipinski definition) is 2. The smallest absolute Gasteiger partial charge is 0.423 e. The minimum Gasteiger partial charge on any atom is -0.499 e. The van der Waals surface area contributed by atoms with Crippen LogP contribution in [0.2, 0.25) is 0 Å². The molecule has 1 aromatic heterocycles. The lowest BCUT2D eigenvalue weighted by atomic mass is 9.90. The molecule has 2 aliphatic heterocycles. The predicted molar refractivity (Wildman–Crippen MR) is 153 cm³/mol. The number of nitrogens with one attached hydrogen (secondary N) is 2. The van der Waals surface area contributed by atoms with E-state index >= 15 is 0 Å². The van der Waals surface area contributed by atoms with E-state index in [9.17, 15) is 22.8 Å². The van der Waals surface area contributed by atoms with Crippen molar-refractivity contribution in [2.24, 2.45) is 5.92 Å². The first-order valence-electron chi connectivity index (χ1n) is 14.2. The van der Waals surface area contributed by atoms with Gasteiger partial charge in [0.25, 0.3) is 11.8 Å². The van der Waals surface area contributed by atoms with Crippen molar-refractivity contribution < 1.29 is 32.2 Å². The molecule has 2 amide bonds. The lowest BCUT2D eigenvalue weighted by Crippen LogP contribution is -2.44. The van der Waals surface area contributed by atoms with Crippen LogP contribution < -0.4 is 15.4 Å². The van der Waals surface area contributed by atoms with Crippen LogP contribution in [0.25, 0.3) is 0 Å². The molecule has 0 radical (unpaired) electrons. The number of carbonyl (C=O) groups excluding carboxylic acids is 2. The van der Waals surface area contributed by atoms with Gasteiger partial charge >= 0.3 is 6.18 Å². The molecule has 0 saturated carbocycles. The van der Waals surface area contributed by atoms with Crippen molar-refractivity contribution in [3.8, 4) is 11.6 Å². The van der Waals surface area contributed by atoms with E-state index in [1.54, 1.807) is 31.3 Å². The Bertz CT molecular complexity index is 1450. The second kappa shape index (κ2) is 12.2. The maximum Gasteiger partial charge on any atom is 0.423 e. The van der Waals surface area contributed by atoms with Crippen molar-refractivity contribution in [3.05, 3.63) is 64.6 Å². The molecular formula is C30H35F3N6O4. The Morgan fingerprint density at radius 2 is 1.88 bits per heavy atom. The maximum atomic E-state index is 14.0. The zero-order chi connectivity index (χ0) is 30.9. The molecular weight excluding hydrogens is 565 g/mol. The Balaban J connectivity index is 1.38. The summed E-state index contributed by atoms with van der Waals surface area (Å²) in [4.78, 5) is 37.6. The summed E-state index contributed by atoms with van der Waals surface area (Å²) in [6, 6.07) is 4.34. The number of rotatable bonds is 7. The second-order valence-corrected chi connectivity index (χ2v) is 11.2. The number of anilines is 1. The highest BCUT2D eigenvalue weighted by molar-refractivity contribution is 5.99. The van der Waals surface area contributed by atoms with Crippen LogP contribution >= 0.6 is 0 Å². The molecule has 3 heterocycles. The van der Waals surface area contributed by atoms with Crippen molar-refractivity contribution >= 4 is 17.8 Å². The first-order chi connectivity index (χ1) is 20.4. The number of likely N-dealkylation sites (tertiary alicyclic amines) is 1. The number of methoxy groups -OCH3 is 1. The number of hydrogen-bond acceptors (Lipinski definition) is 8. The Morgan fingerprint density at radius 1 is 1.14 bits per heavy atom. The van der Waals surface area contributed by atoms with Crippen LogP contribution in [-0.2, 0) is 22.1 Å². The molecule has 1 fully saturated rings. The summed E-state index contributed by atoms with van der Waals surface area (Å²) >= 11 is 0. The number of fused-ring (bicyclic) bond motifs is 1. The van der Waals surface area contributed by atoms with E-state index in [1.807, 2.05) is 14.0 Å². The van der Waals surface area contributed by atoms with Gasteiger partial charge in [0.1, 0.15) is 17.1 Å². The Morgan fingerprint density at radius 3 is 2.58 bits per heavy atom. The fourth-order valence-corrected chi connectivity index (χ4v) is 5.53. The largest absolute Gasteiger partial charge is 0.499 e. The van der Waals surface area contributed by atoms with Crippen LogP contribution in [0.3, 0.4) is 0 Å². The summed E-state index contributed by atoms with van der Waals surface area (Å²) in [5.74, 6) is -1.34. The molecule has 0 bridgehead atoms. The van der Waals surface area contributed by atoms with Gasteiger partial charge in [0.15, 0.2) is 0 Å². The predicted octanol–water partition coefficient (Wildman–Crippen LogP) is 4.01. The molecule has 2 aromatic rings.